The first kappa shape index (κ1) is 31.5. The lowest BCUT2D eigenvalue weighted by Gasteiger charge is -2.25. The number of nitrogens with zero attached hydrogens (tertiary/aromatic N) is 2. The number of hydrogen-bond acceptors (Lipinski definition) is 7. The summed E-state index contributed by atoms with van der Waals surface area (Å²) in [5, 5.41) is 9.73. The summed E-state index contributed by atoms with van der Waals surface area (Å²) in [4.78, 5) is 26.1. The van der Waals surface area contributed by atoms with Crippen LogP contribution < -0.4 is 16.0 Å². The summed E-state index contributed by atoms with van der Waals surface area (Å²) in [6, 6.07) is 8.68. The van der Waals surface area contributed by atoms with Crippen molar-refractivity contribution in [1.82, 2.24) is 9.13 Å². The molecule has 2 heterocycles. The zero-order chi connectivity index (χ0) is 28.4. The van der Waals surface area contributed by atoms with Crippen LogP contribution in [0.2, 0.25) is 11.1 Å². The minimum Gasteiger partial charge on any atom is -0.497 e. The summed E-state index contributed by atoms with van der Waals surface area (Å²) in [6.07, 6.45) is 5.30. The maximum atomic E-state index is 13.5. The zero-order valence-corrected chi connectivity index (χ0v) is 26.7. The quantitative estimate of drug-likeness (QED) is 0.306. The van der Waals surface area contributed by atoms with Gasteiger partial charge in [-0.25, -0.2) is 4.79 Å². The van der Waals surface area contributed by atoms with Gasteiger partial charge in [-0.05, 0) is 48.0 Å². The molecule has 1 aliphatic heterocycles. The summed E-state index contributed by atoms with van der Waals surface area (Å²) < 4.78 is 27.1. The van der Waals surface area contributed by atoms with Crippen molar-refractivity contribution in [1.29, 1.82) is 0 Å². The van der Waals surface area contributed by atoms with Gasteiger partial charge in [0, 0.05) is 24.8 Å². The summed E-state index contributed by atoms with van der Waals surface area (Å²) in [5.74, 6) is 0.634. The first-order valence-electron chi connectivity index (χ1n) is 14.2. The molecule has 1 aliphatic rings. The average Bonchev–Trinajstić information content (AvgIpc) is 3.32. The number of hydrogen-bond donors (Lipinski definition) is 1. The highest BCUT2D eigenvalue weighted by molar-refractivity contribution is 6.54. The van der Waals surface area contributed by atoms with Crippen molar-refractivity contribution in [2.24, 2.45) is 5.92 Å². The minimum absolute atomic E-state index is 0.00708. The van der Waals surface area contributed by atoms with Crippen LogP contribution >= 0.6 is 0 Å². The molecule has 0 radical (unpaired) electrons. The lowest BCUT2D eigenvalue weighted by Crippen LogP contribution is -2.41. The molecule has 5 unspecified atom stereocenters. The molecule has 1 saturated heterocycles. The topological polar surface area (TPSA) is 101 Å². The van der Waals surface area contributed by atoms with Crippen molar-refractivity contribution < 1.29 is 23.1 Å². The number of methoxy groups -OCH3 is 1. The van der Waals surface area contributed by atoms with E-state index < -0.39 is 31.0 Å². The van der Waals surface area contributed by atoms with E-state index in [1.165, 1.54) is 21.4 Å². The van der Waals surface area contributed by atoms with Gasteiger partial charge in [-0.3, -0.25) is 13.9 Å². The van der Waals surface area contributed by atoms with Gasteiger partial charge in [0.25, 0.3) is 5.56 Å². The molecule has 9 nitrogen and oxygen atoms in total. The van der Waals surface area contributed by atoms with Crippen LogP contribution in [0.3, 0.4) is 0 Å². The van der Waals surface area contributed by atoms with Crippen LogP contribution in [0, 0.1) is 5.92 Å². The van der Waals surface area contributed by atoms with Crippen molar-refractivity contribution in [3.8, 4) is 5.75 Å². The lowest BCUT2D eigenvalue weighted by molar-refractivity contribution is -0.0367. The predicted molar refractivity (Wildman–Crippen MR) is 158 cm³/mol. The van der Waals surface area contributed by atoms with Gasteiger partial charge >= 0.3 is 15.0 Å². The molecule has 11 heteroatoms. The monoisotopic (exact) mass is 578 g/mol. The third kappa shape index (κ3) is 8.99. The van der Waals surface area contributed by atoms with E-state index in [0.29, 0.717) is 36.3 Å². The Bertz CT molecular complexity index is 1120. The van der Waals surface area contributed by atoms with Crippen LogP contribution in [-0.2, 0) is 19.8 Å². The highest BCUT2D eigenvalue weighted by Crippen LogP contribution is 2.36. The van der Waals surface area contributed by atoms with Crippen molar-refractivity contribution in [2.45, 2.75) is 89.8 Å². The largest absolute Gasteiger partial charge is 0.497 e. The Kier molecular flexibility index (Phi) is 12.7. The van der Waals surface area contributed by atoms with E-state index in [4.69, 9.17) is 18.0 Å². The molecule has 1 aromatic carbocycles. The van der Waals surface area contributed by atoms with E-state index >= 15 is 0 Å². The second kappa shape index (κ2) is 15.7. The number of aliphatic hydroxyl groups is 1. The third-order valence-electron chi connectivity index (χ3n) is 7.19. The van der Waals surface area contributed by atoms with Crippen molar-refractivity contribution in [2.75, 3.05) is 20.3 Å². The van der Waals surface area contributed by atoms with Gasteiger partial charge in [0.2, 0.25) is 0 Å². The first-order chi connectivity index (χ1) is 18.8. The van der Waals surface area contributed by atoms with Crippen LogP contribution in [0.4, 0.5) is 0 Å². The smallest absolute Gasteiger partial charge is 0.333 e. The van der Waals surface area contributed by atoms with Crippen molar-refractivity contribution >= 4 is 19.0 Å². The van der Waals surface area contributed by atoms with Crippen LogP contribution in [0.25, 0.3) is 0 Å². The summed E-state index contributed by atoms with van der Waals surface area (Å²) >= 11 is 0. The molecule has 218 valence electrons. The van der Waals surface area contributed by atoms with Crippen molar-refractivity contribution in [3.05, 3.63) is 62.9 Å². The Morgan fingerprint density at radius 1 is 1.18 bits per heavy atom. The number of benzene rings is 1. The Balaban J connectivity index is 1.75. The van der Waals surface area contributed by atoms with Gasteiger partial charge in [-0.2, -0.15) is 0 Å². The maximum absolute atomic E-state index is 13.5. The summed E-state index contributed by atoms with van der Waals surface area (Å²) in [6.45, 7) is 9.38. The fraction of sp³-hybridized carbons (Fsp3) is 0.643. The molecule has 0 saturated carbocycles. The lowest BCUT2D eigenvalue weighted by atomic mass is 10.00. The van der Waals surface area contributed by atoms with E-state index in [1.807, 2.05) is 12.1 Å². The molecule has 0 aliphatic carbocycles. The molecule has 1 fully saturated rings. The summed E-state index contributed by atoms with van der Waals surface area (Å²) in [5.41, 5.74) is 1.01. The van der Waals surface area contributed by atoms with E-state index in [2.05, 4.69) is 27.7 Å². The number of unbranched alkanes of at least 4 members (excludes halogenated alkanes) is 1. The number of ether oxygens (including phenoxy) is 2. The molecule has 1 N–H and O–H groups in total. The number of aliphatic hydroxyl groups excluding tert-OH is 1. The average molecular weight is 579 g/mol. The molecule has 3 rings (SSSR count). The highest BCUT2D eigenvalue weighted by atomic mass is 28.4. The molecule has 5 atom stereocenters. The Labute approximate surface area is 235 Å². The molecular formula is C28H46N2O7Si2. The van der Waals surface area contributed by atoms with Crippen molar-refractivity contribution in [3.63, 3.8) is 0 Å². The fourth-order valence-corrected chi connectivity index (χ4v) is 10.2. The predicted octanol–water partition coefficient (Wildman–Crippen LogP) is 3.10. The van der Waals surface area contributed by atoms with Gasteiger partial charge in [-0.1, -0.05) is 52.7 Å². The van der Waals surface area contributed by atoms with E-state index in [0.717, 1.165) is 24.8 Å². The number of aromatic nitrogens is 2. The molecule has 0 spiro atoms. The molecule has 0 bridgehead atoms. The molecule has 2 aromatic rings. The van der Waals surface area contributed by atoms with Gasteiger partial charge < -0.3 is 23.1 Å². The number of rotatable bonds is 16. The van der Waals surface area contributed by atoms with Crippen LogP contribution in [0.15, 0.2) is 46.1 Å². The Morgan fingerprint density at radius 2 is 1.92 bits per heavy atom. The van der Waals surface area contributed by atoms with Gasteiger partial charge in [0.05, 0.1) is 26.4 Å². The normalized spacial score (nSPS) is 21.2. The van der Waals surface area contributed by atoms with E-state index in [1.54, 1.807) is 19.2 Å². The first-order valence-corrected chi connectivity index (χ1v) is 17.2. The molecule has 39 heavy (non-hydrogen) atoms. The molecule has 0 amide bonds. The Morgan fingerprint density at radius 3 is 2.56 bits per heavy atom. The second-order valence-corrected chi connectivity index (χ2v) is 16.5. The third-order valence-corrected chi connectivity index (χ3v) is 11.7. The highest BCUT2D eigenvalue weighted by Gasteiger charge is 2.38. The van der Waals surface area contributed by atoms with E-state index in [-0.39, 0.29) is 30.7 Å². The zero-order valence-electron chi connectivity index (χ0n) is 24.1. The summed E-state index contributed by atoms with van der Waals surface area (Å²) in [7, 11) is -0.918. The molecular weight excluding hydrogens is 532 g/mol. The maximum Gasteiger partial charge on any atom is 0.333 e. The van der Waals surface area contributed by atoms with E-state index in [9.17, 15) is 14.7 Å². The molecule has 1 aromatic heterocycles. The second-order valence-electron chi connectivity index (χ2n) is 11.0. The fourth-order valence-electron chi connectivity index (χ4n) is 4.96. The Hall–Kier alpha value is -2.03. The minimum atomic E-state index is -1.86. The van der Waals surface area contributed by atoms with Crippen LogP contribution in [0.1, 0.15) is 71.6 Å². The van der Waals surface area contributed by atoms with Crippen LogP contribution in [-0.4, -0.2) is 59.7 Å². The van der Waals surface area contributed by atoms with Gasteiger partial charge in [0.1, 0.15) is 12.0 Å². The van der Waals surface area contributed by atoms with Gasteiger partial charge in [-0.15, -0.1) is 0 Å². The SMILES string of the molecule is CCCCC(C)[SiH](OCC1CC(CCO)C(n2ccc(=O)n(Cc3ccc(OC)cc3)c2=O)O1)O[SiH2]C(C)C. The van der Waals surface area contributed by atoms with Crippen LogP contribution in [0.5, 0.6) is 5.75 Å². The standard InChI is InChI=1S/C28H46N2O7Si2/c1-6-7-8-21(4)39(37-38-20(2)3)35-19-25-17-23(14-16-31)27(36-25)29-15-13-26(32)30(28(29)33)18-22-9-11-24(34-5)12-10-22/h9-13,15,20-21,23,25,27,31,39H,6-8,14,16-19,38H2,1-5H3. The van der Waals surface area contributed by atoms with Gasteiger partial charge in [0.15, 0.2) is 9.76 Å².